The number of hydrogen-bond donors (Lipinski definition) is 2. The summed E-state index contributed by atoms with van der Waals surface area (Å²) in [5.74, 6) is 2.03. The lowest BCUT2D eigenvalue weighted by Gasteiger charge is -2.21. The van der Waals surface area contributed by atoms with Gasteiger partial charge in [-0.2, -0.15) is 0 Å². The zero-order valence-electron chi connectivity index (χ0n) is 18.4. The van der Waals surface area contributed by atoms with Gasteiger partial charge in [-0.25, -0.2) is 9.97 Å². The number of β-amino-alcohol motifs (C(OH)–C–C–N with tert-alkyl or cyclic N) is 1. The summed E-state index contributed by atoms with van der Waals surface area (Å²) in [7, 11) is 0. The van der Waals surface area contributed by atoms with Crippen LogP contribution in [-0.4, -0.2) is 47.9 Å². The maximum Gasteiger partial charge on any atom is 0.157 e. The van der Waals surface area contributed by atoms with Crippen molar-refractivity contribution in [2.75, 3.05) is 47.9 Å². The Balaban J connectivity index is 1.52. The maximum atomic E-state index is 9.36. The van der Waals surface area contributed by atoms with Crippen molar-refractivity contribution >= 4 is 34.5 Å². The summed E-state index contributed by atoms with van der Waals surface area (Å²) < 4.78 is 6.07. The van der Waals surface area contributed by atoms with Crippen LogP contribution < -0.4 is 19.9 Å². The monoisotopic (exact) mass is 453 g/mol. The summed E-state index contributed by atoms with van der Waals surface area (Å²) in [6, 6.07) is 13.6. The molecule has 0 amide bonds. The summed E-state index contributed by atoms with van der Waals surface area (Å²) in [6.45, 7) is 7.60. The summed E-state index contributed by atoms with van der Waals surface area (Å²) in [5.41, 5.74) is 3.84. The van der Waals surface area contributed by atoms with Gasteiger partial charge in [0.2, 0.25) is 0 Å². The van der Waals surface area contributed by atoms with Gasteiger partial charge in [0.1, 0.15) is 23.5 Å². The fourth-order valence-electron chi connectivity index (χ4n) is 3.98. The Bertz CT molecular complexity index is 1070. The van der Waals surface area contributed by atoms with Crippen LogP contribution in [0.5, 0.6) is 11.5 Å². The minimum absolute atomic E-state index is 0.0844. The van der Waals surface area contributed by atoms with Gasteiger partial charge in [-0.15, -0.1) is 0 Å². The van der Waals surface area contributed by atoms with Crippen LogP contribution in [0.3, 0.4) is 0 Å². The molecule has 1 aromatic heterocycles. The second kappa shape index (κ2) is 10.1. The van der Waals surface area contributed by atoms with Crippen molar-refractivity contribution < 1.29 is 9.84 Å². The normalized spacial score (nSPS) is 12.6. The van der Waals surface area contributed by atoms with Gasteiger partial charge in [0.25, 0.3) is 0 Å². The molecule has 32 heavy (non-hydrogen) atoms. The van der Waals surface area contributed by atoms with Crippen LogP contribution >= 0.6 is 11.6 Å². The van der Waals surface area contributed by atoms with Gasteiger partial charge in [-0.1, -0.05) is 17.7 Å². The first-order valence-corrected chi connectivity index (χ1v) is 11.3. The number of anilines is 4. The van der Waals surface area contributed by atoms with E-state index in [-0.39, 0.29) is 6.61 Å². The number of fused-ring (bicyclic) bond motifs is 1. The first-order valence-electron chi connectivity index (χ1n) is 10.9. The molecule has 3 aromatic rings. The highest BCUT2D eigenvalue weighted by Gasteiger charge is 2.24. The number of aliphatic hydroxyl groups is 1. The Morgan fingerprint density at radius 1 is 1.16 bits per heavy atom. The van der Waals surface area contributed by atoms with E-state index in [1.54, 1.807) is 6.33 Å². The molecule has 0 aliphatic carbocycles. The molecule has 0 spiro atoms. The van der Waals surface area contributed by atoms with Crippen molar-refractivity contribution in [3.8, 4) is 11.5 Å². The molecule has 8 heteroatoms. The quantitative estimate of drug-likeness (QED) is 0.479. The summed E-state index contributed by atoms with van der Waals surface area (Å²) >= 11 is 6.55. The molecule has 0 unspecified atom stereocenters. The lowest BCUT2D eigenvalue weighted by Crippen LogP contribution is -2.25. The predicted molar refractivity (Wildman–Crippen MR) is 130 cm³/mol. The van der Waals surface area contributed by atoms with E-state index in [1.165, 1.54) is 0 Å². The molecular weight excluding hydrogens is 426 g/mol. The van der Waals surface area contributed by atoms with Gasteiger partial charge in [-0.3, -0.25) is 0 Å². The third kappa shape index (κ3) is 4.74. The molecule has 2 heterocycles. The summed E-state index contributed by atoms with van der Waals surface area (Å²) in [6.07, 6.45) is 2.40. The molecule has 0 radical (unpaired) electrons. The maximum absolute atomic E-state index is 9.36. The fraction of sp³-hybridized carbons (Fsp3) is 0.333. The van der Waals surface area contributed by atoms with Gasteiger partial charge in [0, 0.05) is 50.0 Å². The van der Waals surface area contributed by atoms with Gasteiger partial charge in [-0.05, 0) is 44.2 Å². The standard InChI is InChI=1S/C24H28ClN5O2/c1-3-29(4-2)18-6-5-7-19(15-18)32-22-9-8-17(14-20(22)25)28-24-23-21(26-16-27-24)10-11-30(23)12-13-31/h5-9,14-16,31H,3-4,10-13H2,1-2H3,(H,26,27,28). The SMILES string of the molecule is CCN(CC)c1cccc(Oc2ccc(Nc3ncnc4c3N(CCO)CC4)cc2Cl)c1. The van der Waals surface area contributed by atoms with Crippen LogP contribution in [0.25, 0.3) is 0 Å². The number of benzene rings is 2. The topological polar surface area (TPSA) is 73.8 Å². The van der Waals surface area contributed by atoms with Crippen molar-refractivity contribution in [2.45, 2.75) is 20.3 Å². The van der Waals surface area contributed by atoms with E-state index >= 15 is 0 Å². The highest BCUT2D eigenvalue weighted by Crippen LogP contribution is 2.37. The summed E-state index contributed by atoms with van der Waals surface area (Å²) in [5, 5.41) is 13.2. The summed E-state index contributed by atoms with van der Waals surface area (Å²) in [4.78, 5) is 13.2. The van der Waals surface area contributed by atoms with Crippen molar-refractivity contribution in [1.82, 2.24) is 9.97 Å². The Morgan fingerprint density at radius 3 is 2.75 bits per heavy atom. The second-order valence-electron chi connectivity index (χ2n) is 7.52. The Kier molecular flexibility index (Phi) is 6.97. The highest BCUT2D eigenvalue weighted by molar-refractivity contribution is 6.32. The van der Waals surface area contributed by atoms with E-state index in [0.29, 0.717) is 23.1 Å². The van der Waals surface area contributed by atoms with E-state index in [0.717, 1.165) is 54.6 Å². The van der Waals surface area contributed by atoms with E-state index in [1.807, 2.05) is 36.4 Å². The minimum Gasteiger partial charge on any atom is -0.456 e. The highest BCUT2D eigenvalue weighted by atomic mass is 35.5. The molecule has 7 nitrogen and oxygen atoms in total. The van der Waals surface area contributed by atoms with Crippen LogP contribution in [0.4, 0.5) is 22.9 Å². The van der Waals surface area contributed by atoms with Gasteiger partial charge >= 0.3 is 0 Å². The molecule has 1 aliphatic rings. The van der Waals surface area contributed by atoms with Crippen LogP contribution in [-0.2, 0) is 6.42 Å². The third-order valence-corrected chi connectivity index (χ3v) is 5.87. The first-order chi connectivity index (χ1) is 15.6. The van der Waals surface area contributed by atoms with Crippen molar-refractivity contribution in [3.05, 3.63) is 59.5 Å². The third-order valence-electron chi connectivity index (χ3n) is 5.57. The number of hydrogen-bond acceptors (Lipinski definition) is 7. The van der Waals surface area contributed by atoms with Gasteiger partial charge < -0.3 is 25.0 Å². The van der Waals surface area contributed by atoms with E-state index in [4.69, 9.17) is 16.3 Å². The van der Waals surface area contributed by atoms with E-state index in [2.05, 4.69) is 45.0 Å². The zero-order valence-corrected chi connectivity index (χ0v) is 19.1. The minimum atomic E-state index is 0.0844. The van der Waals surface area contributed by atoms with Crippen molar-refractivity contribution in [1.29, 1.82) is 0 Å². The lowest BCUT2D eigenvalue weighted by atomic mass is 10.2. The smallest absolute Gasteiger partial charge is 0.157 e. The van der Waals surface area contributed by atoms with Gasteiger partial charge in [0.15, 0.2) is 5.82 Å². The average molecular weight is 454 g/mol. The predicted octanol–water partition coefficient (Wildman–Crippen LogP) is 4.87. The van der Waals surface area contributed by atoms with Gasteiger partial charge in [0.05, 0.1) is 17.3 Å². The molecule has 0 fully saturated rings. The molecule has 168 valence electrons. The molecule has 1 aliphatic heterocycles. The second-order valence-corrected chi connectivity index (χ2v) is 7.93. The molecule has 4 rings (SSSR count). The van der Waals surface area contributed by atoms with E-state index < -0.39 is 0 Å². The molecule has 2 aromatic carbocycles. The number of nitrogens with zero attached hydrogens (tertiary/aromatic N) is 4. The molecule has 0 saturated carbocycles. The molecule has 0 saturated heterocycles. The van der Waals surface area contributed by atoms with Crippen molar-refractivity contribution in [2.24, 2.45) is 0 Å². The average Bonchev–Trinajstić information content (AvgIpc) is 3.21. The molecule has 0 atom stereocenters. The lowest BCUT2D eigenvalue weighted by molar-refractivity contribution is 0.303. The Morgan fingerprint density at radius 2 is 2.00 bits per heavy atom. The first kappa shape index (κ1) is 22.2. The largest absolute Gasteiger partial charge is 0.456 e. The molecule has 2 N–H and O–H groups in total. The van der Waals surface area contributed by atoms with Crippen LogP contribution in [0.2, 0.25) is 5.02 Å². The Hall–Kier alpha value is -3.03. The van der Waals surface area contributed by atoms with Crippen LogP contribution in [0.15, 0.2) is 48.8 Å². The Labute approximate surface area is 193 Å². The number of nitrogens with one attached hydrogen (secondary N) is 1. The number of ether oxygens (including phenoxy) is 1. The zero-order chi connectivity index (χ0) is 22.5. The number of halogens is 1. The van der Waals surface area contributed by atoms with Crippen LogP contribution in [0.1, 0.15) is 19.5 Å². The number of rotatable bonds is 9. The van der Waals surface area contributed by atoms with E-state index in [9.17, 15) is 5.11 Å². The number of aromatic nitrogens is 2. The van der Waals surface area contributed by atoms with Crippen LogP contribution in [0, 0.1) is 0 Å². The van der Waals surface area contributed by atoms with Crippen molar-refractivity contribution in [3.63, 3.8) is 0 Å². The molecule has 0 bridgehead atoms. The molecular formula is C24H28ClN5O2. The fourth-order valence-corrected chi connectivity index (χ4v) is 4.20. The number of aliphatic hydroxyl groups excluding tert-OH is 1.